The van der Waals surface area contributed by atoms with Crippen molar-refractivity contribution in [3.8, 4) is 5.75 Å². The second-order valence-corrected chi connectivity index (χ2v) is 13.5. The van der Waals surface area contributed by atoms with Crippen LogP contribution in [-0.4, -0.2) is 59.0 Å². The van der Waals surface area contributed by atoms with Crippen molar-refractivity contribution in [1.29, 1.82) is 16.2 Å². The number of aldehydes is 1. The Morgan fingerprint density at radius 2 is 1.69 bits per heavy atom. The van der Waals surface area contributed by atoms with Crippen molar-refractivity contribution in [2.45, 2.75) is 71.3 Å². The number of piperidine rings is 1. The Bertz CT molecular complexity index is 1730. The second kappa shape index (κ2) is 15.2. The Morgan fingerprint density at radius 1 is 0.979 bits per heavy atom. The number of nitrogens with zero attached hydrogens (tertiary/aromatic N) is 3. The van der Waals surface area contributed by atoms with Crippen molar-refractivity contribution in [3.05, 3.63) is 89.0 Å². The monoisotopic (exact) mass is 650 g/mol. The molecule has 1 aliphatic heterocycles. The van der Waals surface area contributed by atoms with Crippen LogP contribution in [0.2, 0.25) is 0 Å². The zero-order valence-corrected chi connectivity index (χ0v) is 28.0. The second-order valence-electron chi connectivity index (χ2n) is 13.5. The Morgan fingerprint density at radius 3 is 2.38 bits per heavy atom. The van der Waals surface area contributed by atoms with E-state index in [0.29, 0.717) is 47.5 Å². The molecule has 11 nitrogen and oxygen atoms in total. The Balaban J connectivity index is 1.26. The van der Waals surface area contributed by atoms with E-state index in [2.05, 4.69) is 21.7 Å². The number of likely N-dealkylation sites (tertiary alicyclic amines) is 1. The summed E-state index contributed by atoms with van der Waals surface area (Å²) in [6.45, 7) is 7.94. The highest BCUT2D eigenvalue weighted by atomic mass is 16.5. The van der Waals surface area contributed by atoms with Gasteiger partial charge in [-0.2, -0.15) is 0 Å². The zero-order valence-electron chi connectivity index (χ0n) is 28.0. The predicted octanol–water partition coefficient (Wildman–Crippen LogP) is 6.53. The molecule has 0 radical (unpaired) electrons. The maximum atomic E-state index is 13.4. The first-order valence-electron chi connectivity index (χ1n) is 16.6. The summed E-state index contributed by atoms with van der Waals surface area (Å²) in [7, 11) is 0. The number of amidine groups is 1. The standard InChI is InChI=1S/C37H46N8O3/c1-37(2,3)32(38)21-34(41-27-14-11-25(23-46)12-15-27)43-36(47)42-31-17-13-26(29-9-5-6-10-30(29)31)24-48-28-16-18-33(39)45(22-28)35(40)44-19-7-4-8-20-44/h5-6,9-12,14-16,18,22-23,26,31,38-40H,4,7-8,13,17,19-21,24H2,1-3H3,(H2,41,42,43,47). The van der Waals surface area contributed by atoms with Crippen LogP contribution in [0.3, 0.4) is 0 Å². The normalized spacial score (nSPS) is 18.0. The van der Waals surface area contributed by atoms with Crippen molar-refractivity contribution in [2.75, 3.05) is 19.7 Å². The number of carbonyl (C=O) groups excluding carboxylic acids is 2. The van der Waals surface area contributed by atoms with Gasteiger partial charge in [-0.3, -0.25) is 25.5 Å². The van der Waals surface area contributed by atoms with Crippen molar-refractivity contribution in [2.24, 2.45) is 10.4 Å². The SMILES string of the molecule is CC(C)(C)C(=N)CC(=Nc1ccc(C=O)cc1)NC(=O)NC1CCC(COc2ccc(=N)n(C(=N)N3CCCCC3)c2)c2ccccc21. The molecule has 2 amide bonds. The Labute approximate surface area is 282 Å². The average Bonchev–Trinajstić information content (AvgIpc) is 3.08. The number of pyridine rings is 1. The number of urea groups is 1. The van der Waals surface area contributed by atoms with E-state index < -0.39 is 11.4 Å². The van der Waals surface area contributed by atoms with E-state index in [0.717, 1.165) is 49.8 Å². The van der Waals surface area contributed by atoms with E-state index in [1.165, 1.54) is 6.42 Å². The summed E-state index contributed by atoms with van der Waals surface area (Å²) in [5.41, 5.74) is 3.54. The number of rotatable bonds is 8. The number of benzene rings is 2. The number of ether oxygens (including phenoxy) is 1. The number of aliphatic imine (C=N–C) groups is 1. The molecule has 252 valence electrons. The van der Waals surface area contributed by atoms with E-state index in [-0.39, 0.29) is 23.9 Å². The molecule has 3 aromatic rings. The largest absolute Gasteiger partial charge is 0.491 e. The molecule has 11 heteroatoms. The number of amides is 2. The highest BCUT2D eigenvalue weighted by Gasteiger charge is 2.29. The summed E-state index contributed by atoms with van der Waals surface area (Å²) in [5, 5.41) is 31.7. The predicted molar refractivity (Wildman–Crippen MR) is 188 cm³/mol. The lowest BCUT2D eigenvalue weighted by Gasteiger charge is -2.32. The van der Waals surface area contributed by atoms with Gasteiger partial charge in [0.25, 0.3) is 0 Å². The van der Waals surface area contributed by atoms with Crippen LogP contribution in [0, 0.1) is 21.6 Å². The zero-order chi connectivity index (χ0) is 34.3. The lowest BCUT2D eigenvalue weighted by molar-refractivity contribution is 0.112. The summed E-state index contributed by atoms with van der Waals surface area (Å²) in [6, 6.07) is 17.7. The van der Waals surface area contributed by atoms with Crippen LogP contribution >= 0.6 is 0 Å². The van der Waals surface area contributed by atoms with Gasteiger partial charge in [0.05, 0.1) is 24.5 Å². The number of fused-ring (bicyclic) bond motifs is 1. The van der Waals surface area contributed by atoms with Gasteiger partial charge in [0, 0.05) is 36.7 Å². The van der Waals surface area contributed by atoms with Crippen LogP contribution in [0.5, 0.6) is 5.75 Å². The average molecular weight is 651 g/mol. The van der Waals surface area contributed by atoms with E-state index in [1.807, 2.05) is 43.9 Å². The highest BCUT2D eigenvalue weighted by molar-refractivity contribution is 6.09. The summed E-state index contributed by atoms with van der Waals surface area (Å²) in [6.07, 6.45) is 7.46. The van der Waals surface area contributed by atoms with Crippen LogP contribution in [0.25, 0.3) is 0 Å². The molecular weight excluding hydrogens is 604 g/mol. The molecule has 2 aromatic carbocycles. The van der Waals surface area contributed by atoms with Crippen LogP contribution in [0.4, 0.5) is 10.5 Å². The number of hydrogen-bond donors (Lipinski definition) is 5. The summed E-state index contributed by atoms with van der Waals surface area (Å²) in [5.74, 6) is 1.37. The van der Waals surface area contributed by atoms with Crippen molar-refractivity contribution >= 4 is 35.5 Å². The highest BCUT2D eigenvalue weighted by Crippen LogP contribution is 2.37. The maximum Gasteiger partial charge on any atom is 0.320 e. The van der Waals surface area contributed by atoms with Crippen LogP contribution in [0.15, 0.2) is 71.9 Å². The summed E-state index contributed by atoms with van der Waals surface area (Å²) >= 11 is 0. The minimum absolute atomic E-state index is 0.103. The van der Waals surface area contributed by atoms with Gasteiger partial charge < -0.3 is 20.4 Å². The number of hydrogen-bond acceptors (Lipinski definition) is 7. The van der Waals surface area contributed by atoms with Crippen molar-refractivity contribution in [3.63, 3.8) is 0 Å². The number of aromatic nitrogens is 1. The van der Waals surface area contributed by atoms with E-state index in [9.17, 15) is 9.59 Å². The molecule has 2 atom stereocenters. The minimum atomic E-state index is -0.398. The first kappa shape index (κ1) is 34.3. The molecule has 1 saturated heterocycles. The van der Waals surface area contributed by atoms with Gasteiger partial charge in [0.2, 0.25) is 5.96 Å². The molecule has 0 bridgehead atoms. The van der Waals surface area contributed by atoms with E-state index in [1.54, 1.807) is 47.2 Å². The molecule has 1 aromatic heterocycles. The summed E-state index contributed by atoms with van der Waals surface area (Å²) in [4.78, 5) is 31.1. The van der Waals surface area contributed by atoms with Gasteiger partial charge in [-0.05, 0) is 85.0 Å². The number of carbonyl (C=O) groups is 2. The van der Waals surface area contributed by atoms with Gasteiger partial charge in [0.15, 0.2) is 0 Å². The fourth-order valence-electron chi connectivity index (χ4n) is 6.05. The fraction of sp³-hybridized carbons (Fsp3) is 0.405. The van der Waals surface area contributed by atoms with Crippen LogP contribution < -0.4 is 20.9 Å². The molecule has 0 saturated carbocycles. The van der Waals surface area contributed by atoms with Gasteiger partial charge >= 0.3 is 6.03 Å². The first-order valence-corrected chi connectivity index (χ1v) is 16.6. The molecule has 0 spiro atoms. The van der Waals surface area contributed by atoms with E-state index >= 15 is 0 Å². The molecule has 2 aliphatic rings. The molecule has 1 aliphatic carbocycles. The lowest BCUT2D eigenvalue weighted by Crippen LogP contribution is -2.43. The number of nitrogens with one attached hydrogen (secondary N) is 5. The molecule has 5 N–H and O–H groups in total. The van der Waals surface area contributed by atoms with Crippen molar-refractivity contribution in [1.82, 2.24) is 20.1 Å². The quantitative estimate of drug-likeness (QED) is 0.107. The lowest BCUT2D eigenvalue weighted by atomic mass is 9.80. The third-order valence-electron chi connectivity index (χ3n) is 8.98. The van der Waals surface area contributed by atoms with Crippen molar-refractivity contribution < 1.29 is 14.3 Å². The minimum Gasteiger partial charge on any atom is -0.491 e. The third-order valence-corrected chi connectivity index (χ3v) is 8.98. The van der Waals surface area contributed by atoms with E-state index in [4.69, 9.17) is 21.0 Å². The molecule has 5 rings (SSSR count). The van der Waals surface area contributed by atoms with Gasteiger partial charge in [0.1, 0.15) is 23.4 Å². The molecule has 48 heavy (non-hydrogen) atoms. The first-order chi connectivity index (χ1) is 23.0. The molecule has 2 unspecified atom stereocenters. The molecule has 1 fully saturated rings. The Kier molecular flexibility index (Phi) is 10.9. The maximum absolute atomic E-state index is 13.4. The third kappa shape index (κ3) is 8.64. The topological polar surface area (TPSA) is 160 Å². The van der Waals surface area contributed by atoms with Gasteiger partial charge in [-0.15, -0.1) is 0 Å². The smallest absolute Gasteiger partial charge is 0.320 e. The molecule has 2 heterocycles. The fourth-order valence-corrected chi connectivity index (χ4v) is 6.05. The van der Waals surface area contributed by atoms with Crippen LogP contribution in [0.1, 0.15) is 92.7 Å². The van der Waals surface area contributed by atoms with Crippen LogP contribution in [-0.2, 0) is 0 Å². The molecular formula is C37H46N8O3. The summed E-state index contributed by atoms with van der Waals surface area (Å²) < 4.78 is 7.84. The Hall–Kier alpha value is -5.06. The van der Waals surface area contributed by atoms with Gasteiger partial charge in [-0.1, -0.05) is 45.0 Å². The van der Waals surface area contributed by atoms with Gasteiger partial charge in [-0.25, -0.2) is 9.79 Å².